The smallest absolute Gasteiger partial charge is 0.138 e. The van der Waals surface area contributed by atoms with Gasteiger partial charge in [-0.1, -0.05) is 48.0 Å². The molecule has 0 aliphatic heterocycles. The predicted octanol–water partition coefficient (Wildman–Crippen LogP) is 3.92. The molecule has 0 saturated heterocycles. The molecule has 25 heavy (non-hydrogen) atoms. The summed E-state index contributed by atoms with van der Waals surface area (Å²) in [6, 6.07) is 0. The Hall–Kier alpha value is -1.36. The topological polar surface area (TPSA) is 89.4 Å². The van der Waals surface area contributed by atoms with Crippen LogP contribution in [0.2, 0.25) is 0 Å². The molecule has 0 saturated carbocycles. The van der Waals surface area contributed by atoms with Crippen LogP contribution in [0.5, 0.6) is 0 Å². The van der Waals surface area contributed by atoms with E-state index in [-0.39, 0.29) is 16.6 Å². The Morgan fingerprint density at radius 1 is 0.800 bits per heavy atom. The van der Waals surface area contributed by atoms with E-state index in [2.05, 4.69) is 0 Å². The molecule has 0 atom stereocenters. The normalized spacial score (nSPS) is 13.0. The molecule has 0 amide bonds. The Morgan fingerprint density at radius 3 is 1.76 bits per heavy atom. The highest BCUT2D eigenvalue weighted by molar-refractivity contribution is 5.83. The fraction of sp³-hybridized carbons (Fsp3) is 0.800. The summed E-state index contributed by atoms with van der Waals surface area (Å²) < 4.78 is 0. The molecule has 4 N–H and O–H groups in total. The molecule has 0 heterocycles. The number of carbonyl (C=O) groups is 2. The number of rotatable bonds is 11. The molecule has 0 fully saturated rings. The first-order chi connectivity index (χ1) is 11.3. The molecule has 0 aliphatic rings. The van der Waals surface area contributed by atoms with E-state index in [1.54, 1.807) is 11.2 Å². The third-order valence-corrected chi connectivity index (χ3v) is 4.19. The highest BCUT2D eigenvalue weighted by Gasteiger charge is 2.20. The average molecular weight is 354 g/mol. The van der Waals surface area contributed by atoms with Crippen LogP contribution in [0.3, 0.4) is 0 Å². The maximum absolute atomic E-state index is 11.9. The standard InChI is InChI=1S/C20H39N3O2/c1-19(2,3)17(24)12-8-7-9-14-23(22)15-16(21)11-10-13-18(25)20(4,5)6/h15H,7-14,21-22H2,1-6H3/b16-15-. The predicted molar refractivity (Wildman–Crippen MR) is 104 cm³/mol. The highest BCUT2D eigenvalue weighted by Crippen LogP contribution is 2.19. The van der Waals surface area contributed by atoms with Gasteiger partial charge in [0.15, 0.2) is 0 Å². The van der Waals surface area contributed by atoms with Gasteiger partial charge in [0.2, 0.25) is 0 Å². The van der Waals surface area contributed by atoms with Crippen LogP contribution < -0.4 is 11.6 Å². The molecule has 0 rings (SSSR count). The summed E-state index contributed by atoms with van der Waals surface area (Å²) in [5.41, 5.74) is 6.14. The molecule has 0 spiro atoms. The van der Waals surface area contributed by atoms with Crippen LogP contribution in [-0.2, 0) is 9.59 Å². The highest BCUT2D eigenvalue weighted by atomic mass is 16.1. The Balaban J connectivity index is 3.93. The van der Waals surface area contributed by atoms with E-state index >= 15 is 0 Å². The molecular formula is C20H39N3O2. The molecule has 0 aromatic heterocycles. The van der Waals surface area contributed by atoms with Gasteiger partial charge in [0, 0.05) is 42.1 Å². The van der Waals surface area contributed by atoms with Crippen molar-refractivity contribution in [3.63, 3.8) is 0 Å². The van der Waals surface area contributed by atoms with E-state index in [0.29, 0.717) is 37.3 Å². The molecule has 146 valence electrons. The molecule has 0 aromatic carbocycles. The van der Waals surface area contributed by atoms with Gasteiger partial charge >= 0.3 is 0 Å². The van der Waals surface area contributed by atoms with Crippen molar-refractivity contribution in [1.29, 1.82) is 0 Å². The van der Waals surface area contributed by atoms with E-state index in [1.165, 1.54) is 0 Å². The largest absolute Gasteiger partial charge is 0.401 e. The second-order valence-corrected chi connectivity index (χ2v) is 8.95. The zero-order chi connectivity index (χ0) is 19.7. The van der Waals surface area contributed by atoms with Crippen LogP contribution >= 0.6 is 0 Å². The Kier molecular flexibility index (Phi) is 10.0. The van der Waals surface area contributed by atoms with E-state index in [4.69, 9.17) is 11.6 Å². The maximum Gasteiger partial charge on any atom is 0.138 e. The lowest BCUT2D eigenvalue weighted by molar-refractivity contribution is -0.127. The average Bonchev–Trinajstić information content (AvgIpc) is 2.44. The van der Waals surface area contributed by atoms with Gasteiger partial charge in [-0.3, -0.25) is 9.59 Å². The van der Waals surface area contributed by atoms with E-state index in [9.17, 15) is 9.59 Å². The molecule has 0 aromatic rings. The minimum Gasteiger partial charge on any atom is -0.401 e. The number of unbranched alkanes of at least 4 members (excludes halogenated alkanes) is 2. The quantitative estimate of drug-likeness (QED) is 0.334. The third kappa shape index (κ3) is 11.8. The summed E-state index contributed by atoms with van der Waals surface area (Å²) in [4.78, 5) is 23.7. The van der Waals surface area contributed by atoms with Crippen molar-refractivity contribution in [3.05, 3.63) is 11.9 Å². The van der Waals surface area contributed by atoms with Gasteiger partial charge in [-0.25, -0.2) is 5.84 Å². The van der Waals surface area contributed by atoms with Gasteiger partial charge in [0.25, 0.3) is 0 Å². The van der Waals surface area contributed by atoms with Gasteiger partial charge in [-0.05, 0) is 25.7 Å². The summed E-state index contributed by atoms with van der Waals surface area (Å²) in [6.07, 6.45) is 7.17. The van der Waals surface area contributed by atoms with Crippen LogP contribution in [0.4, 0.5) is 0 Å². The van der Waals surface area contributed by atoms with E-state index < -0.39 is 0 Å². The molecule has 5 nitrogen and oxygen atoms in total. The maximum atomic E-state index is 11.9. The molecule has 0 radical (unpaired) electrons. The third-order valence-electron chi connectivity index (χ3n) is 4.19. The summed E-state index contributed by atoms with van der Waals surface area (Å²) in [5.74, 6) is 6.50. The molecule has 0 bridgehead atoms. The lowest BCUT2D eigenvalue weighted by Gasteiger charge is -2.18. The molecule has 5 heteroatoms. The SMILES string of the molecule is CC(C)(C)C(=O)CCCCCN(N)/C=C(\N)CCCC(=O)C(C)(C)C. The summed E-state index contributed by atoms with van der Waals surface area (Å²) in [7, 11) is 0. The number of nitrogens with two attached hydrogens (primary N) is 2. The second-order valence-electron chi connectivity index (χ2n) is 8.95. The van der Waals surface area contributed by atoms with Gasteiger partial charge in [0.05, 0.1) is 0 Å². The number of allylic oxidation sites excluding steroid dienone is 1. The number of carbonyl (C=O) groups excluding carboxylic acids is 2. The zero-order valence-electron chi connectivity index (χ0n) is 17.2. The lowest BCUT2D eigenvalue weighted by Crippen LogP contribution is -2.27. The number of Topliss-reactive ketones (excluding diaryl/α,β-unsaturated/α-hetero) is 2. The molecule has 0 aliphatic carbocycles. The van der Waals surface area contributed by atoms with Crippen molar-refractivity contribution >= 4 is 11.6 Å². The van der Waals surface area contributed by atoms with Crippen molar-refractivity contribution in [2.24, 2.45) is 22.4 Å². The fourth-order valence-corrected chi connectivity index (χ4v) is 2.30. The van der Waals surface area contributed by atoms with Crippen LogP contribution in [-0.4, -0.2) is 23.1 Å². The van der Waals surface area contributed by atoms with Crippen molar-refractivity contribution in [1.82, 2.24) is 5.01 Å². The second kappa shape index (κ2) is 10.6. The summed E-state index contributed by atoms with van der Waals surface area (Å²) in [5, 5.41) is 1.60. The Bertz CT molecular complexity index is 457. The first-order valence-corrected chi connectivity index (χ1v) is 9.38. The summed E-state index contributed by atoms with van der Waals surface area (Å²) in [6.45, 7) is 12.4. The van der Waals surface area contributed by atoms with Crippen molar-refractivity contribution in [2.75, 3.05) is 6.54 Å². The number of nitrogens with zero attached hydrogens (tertiary/aromatic N) is 1. The molecule has 0 unspecified atom stereocenters. The first-order valence-electron chi connectivity index (χ1n) is 9.38. The van der Waals surface area contributed by atoms with Gasteiger partial charge in [0.1, 0.15) is 11.6 Å². The van der Waals surface area contributed by atoms with Crippen molar-refractivity contribution in [2.45, 2.75) is 86.5 Å². The van der Waals surface area contributed by atoms with Crippen LogP contribution in [0.15, 0.2) is 11.9 Å². The fourth-order valence-electron chi connectivity index (χ4n) is 2.30. The van der Waals surface area contributed by atoms with Gasteiger partial charge in [-0.2, -0.15) is 0 Å². The molecular weight excluding hydrogens is 314 g/mol. The number of hydrogen-bond acceptors (Lipinski definition) is 5. The minimum absolute atomic E-state index is 0.245. The minimum atomic E-state index is -0.285. The Labute approximate surface area is 154 Å². The first kappa shape index (κ1) is 23.6. The van der Waals surface area contributed by atoms with Crippen LogP contribution in [0, 0.1) is 10.8 Å². The zero-order valence-corrected chi connectivity index (χ0v) is 17.2. The summed E-state index contributed by atoms with van der Waals surface area (Å²) >= 11 is 0. The Morgan fingerprint density at radius 2 is 1.28 bits per heavy atom. The monoisotopic (exact) mass is 353 g/mol. The number of ketones is 2. The van der Waals surface area contributed by atoms with Gasteiger partial charge in [-0.15, -0.1) is 0 Å². The van der Waals surface area contributed by atoms with Crippen LogP contribution in [0.25, 0.3) is 0 Å². The number of hydrogen-bond donors (Lipinski definition) is 2. The van der Waals surface area contributed by atoms with Crippen molar-refractivity contribution < 1.29 is 9.59 Å². The van der Waals surface area contributed by atoms with Crippen molar-refractivity contribution in [3.8, 4) is 0 Å². The van der Waals surface area contributed by atoms with Crippen LogP contribution in [0.1, 0.15) is 86.5 Å². The van der Waals surface area contributed by atoms with Gasteiger partial charge < -0.3 is 10.7 Å². The van der Waals surface area contributed by atoms with E-state index in [0.717, 1.165) is 25.7 Å². The van der Waals surface area contributed by atoms with E-state index in [1.807, 2.05) is 41.5 Å². The lowest BCUT2D eigenvalue weighted by atomic mass is 9.88. The number of hydrazine groups is 1.